The zero-order valence-electron chi connectivity index (χ0n) is 11.9. The van der Waals surface area contributed by atoms with E-state index in [1.807, 2.05) is 24.3 Å². The monoisotopic (exact) mass is 302 g/mol. The Morgan fingerprint density at radius 2 is 1.32 bits per heavy atom. The molecular weight excluding hydrogens is 288 g/mol. The van der Waals surface area contributed by atoms with Gasteiger partial charge in [0.2, 0.25) is 0 Å². The van der Waals surface area contributed by atoms with E-state index in [1.54, 1.807) is 11.3 Å². The molecule has 3 aromatic carbocycles. The van der Waals surface area contributed by atoms with Crippen LogP contribution < -0.4 is 4.74 Å². The van der Waals surface area contributed by atoms with Gasteiger partial charge in [-0.15, -0.1) is 11.3 Å². The molecule has 0 saturated carbocycles. The quantitative estimate of drug-likeness (QED) is 0.428. The Morgan fingerprint density at radius 3 is 2.14 bits per heavy atom. The minimum Gasteiger partial charge on any atom is -0.456 e. The van der Waals surface area contributed by atoms with Crippen molar-refractivity contribution < 1.29 is 4.74 Å². The van der Waals surface area contributed by atoms with Crippen LogP contribution in [-0.2, 0) is 0 Å². The van der Waals surface area contributed by atoms with Crippen molar-refractivity contribution in [2.75, 3.05) is 0 Å². The predicted molar refractivity (Wildman–Crippen MR) is 93.8 cm³/mol. The molecule has 1 aromatic heterocycles. The number of hydrogen-bond acceptors (Lipinski definition) is 2. The summed E-state index contributed by atoms with van der Waals surface area (Å²) in [5, 5.41) is 3.23. The molecule has 4 rings (SSSR count). The number of hydrogen-bond donors (Lipinski definition) is 0. The third-order valence-electron chi connectivity index (χ3n) is 3.63. The lowest BCUT2D eigenvalue weighted by molar-refractivity contribution is 0.490. The fraction of sp³-hybridized carbons (Fsp3) is 0. The smallest absolute Gasteiger partial charge is 0.145 e. The summed E-state index contributed by atoms with van der Waals surface area (Å²) in [5.74, 6) is 1.79. The van der Waals surface area contributed by atoms with E-state index < -0.39 is 0 Å². The first-order valence-electron chi connectivity index (χ1n) is 7.20. The Morgan fingerprint density at radius 1 is 0.636 bits per heavy atom. The average molecular weight is 302 g/mol. The van der Waals surface area contributed by atoms with Crippen molar-refractivity contribution in [3.63, 3.8) is 0 Å². The van der Waals surface area contributed by atoms with Crippen molar-refractivity contribution in [2.45, 2.75) is 0 Å². The molecule has 1 nitrogen and oxygen atoms in total. The molecule has 4 aromatic rings. The highest BCUT2D eigenvalue weighted by Crippen LogP contribution is 2.35. The van der Waals surface area contributed by atoms with Gasteiger partial charge in [0.05, 0.1) is 0 Å². The second kappa shape index (κ2) is 5.66. The van der Waals surface area contributed by atoms with Crippen LogP contribution in [0.15, 0.2) is 84.2 Å². The zero-order chi connectivity index (χ0) is 14.8. The molecule has 0 bridgehead atoms. The lowest BCUT2D eigenvalue weighted by Gasteiger charge is -2.06. The largest absolute Gasteiger partial charge is 0.456 e. The van der Waals surface area contributed by atoms with Gasteiger partial charge in [-0.05, 0) is 35.4 Å². The first-order chi connectivity index (χ1) is 10.9. The van der Waals surface area contributed by atoms with Gasteiger partial charge in [-0.1, -0.05) is 54.6 Å². The van der Waals surface area contributed by atoms with Crippen LogP contribution in [0.5, 0.6) is 11.5 Å². The molecule has 22 heavy (non-hydrogen) atoms. The zero-order valence-corrected chi connectivity index (χ0v) is 12.7. The Bertz CT molecular complexity index is 892. The molecule has 0 amide bonds. The predicted octanol–water partition coefficient (Wildman–Crippen LogP) is 6.36. The summed E-state index contributed by atoms with van der Waals surface area (Å²) in [7, 11) is 0. The molecule has 1 heterocycles. The summed E-state index contributed by atoms with van der Waals surface area (Å²) < 4.78 is 7.28. The van der Waals surface area contributed by atoms with Gasteiger partial charge < -0.3 is 4.74 Å². The number of fused-ring (bicyclic) bond motifs is 1. The molecule has 0 atom stereocenters. The maximum Gasteiger partial charge on any atom is 0.145 e. The Kier molecular flexibility index (Phi) is 3.37. The van der Waals surface area contributed by atoms with Crippen molar-refractivity contribution in [1.29, 1.82) is 0 Å². The van der Waals surface area contributed by atoms with E-state index in [9.17, 15) is 0 Å². The molecule has 0 spiro atoms. The van der Waals surface area contributed by atoms with Gasteiger partial charge in [0.25, 0.3) is 0 Å². The fourth-order valence-corrected chi connectivity index (χ4v) is 3.37. The van der Waals surface area contributed by atoms with E-state index in [-0.39, 0.29) is 0 Å². The van der Waals surface area contributed by atoms with Crippen molar-refractivity contribution in [3.8, 4) is 22.6 Å². The molecule has 0 aliphatic rings. The average Bonchev–Trinajstić information content (AvgIpc) is 3.00. The topological polar surface area (TPSA) is 9.23 Å². The SMILES string of the molecule is c1ccc(-c2ccc(Oc3csc4ccccc34)cc2)cc1. The summed E-state index contributed by atoms with van der Waals surface area (Å²) in [5.41, 5.74) is 2.41. The third-order valence-corrected chi connectivity index (χ3v) is 4.58. The summed E-state index contributed by atoms with van der Waals surface area (Å²) >= 11 is 1.71. The van der Waals surface area contributed by atoms with Crippen LogP contribution in [0.2, 0.25) is 0 Å². The Balaban J connectivity index is 1.61. The van der Waals surface area contributed by atoms with Gasteiger partial charge in [0, 0.05) is 15.5 Å². The highest BCUT2D eigenvalue weighted by atomic mass is 32.1. The van der Waals surface area contributed by atoms with Crippen molar-refractivity contribution in [2.24, 2.45) is 0 Å². The van der Waals surface area contributed by atoms with Gasteiger partial charge in [0.15, 0.2) is 0 Å². The third kappa shape index (κ3) is 2.49. The normalized spacial score (nSPS) is 10.7. The summed E-state index contributed by atoms with van der Waals surface area (Å²) in [6.45, 7) is 0. The highest BCUT2D eigenvalue weighted by molar-refractivity contribution is 7.17. The van der Waals surface area contributed by atoms with Crippen LogP contribution in [0.1, 0.15) is 0 Å². The lowest BCUT2D eigenvalue weighted by Crippen LogP contribution is -1.83. The van der Waals surface area contributed by atoms with Gasteiger partial charge >= 0.3 is 0 Å². The van der Waals surface area contributed by atoms with Crippen LogP contribution in [0.4, 0.5) is 0 Å². The van der Waals surface area contributed by atoms with E-state index in [0.717, 1.165) is 11.5 Å². The second-order valence-corrected chi connectivity index (χ2v) is 6.00. The molecule has 0 N–H and O–H groups in total. The van der Waals surface area contributed by atoms with Crippen LogP contribution in [0.3, 0.4) is 0 Å². The number of rotatable bonds is 3. The molecule has 0 fully saturated rings. The van der Waals surface area contributed by atoms with E-state index in [0.29, 0.717) is 0 Å². The standard InChI is InChI=1S/C20H14OS/c1-2-6-15(7-3-1)16-10-12-17(13-11-16)21-19-14-22-20-9-5-4-8-18(19)20/h1-14H. The van der Waals surface area contributed by atoms with E-state index in [2.05, 4.69) is 60.0 Å². The summed E-state index contributed by atoms with van der Waals surface area (Å²) in [6.07, 6.45) is 0. The van der Waals surface area contributed by atoms with Crippen LogP contribution in [-0.4, -0.2) is 0 Å². The van der Waals surface area contributed by atoms with Crippen LogP contribution >= 0.6 is 11.3 Å². The molecule has 2 heteroatoms. The highest BCUT2D eigenvalue weighted by Gasteiger charge is 2.06. The molecule has 0 unspecified atom stereocenters. The maximum atomic E-state index is 6.03. The van der Waals surface area contributed by atoms with E-state index >= 15 is 0 Å². The summed E-state index contributed by atoms with van der Waals surface area (Å²) in [4.78, 5) is 0. The van der Waals surface area contributed by atoms with Crippen molar-refractivity contribution >= 4 is 21.4 Å². The summed E-state index contributed by atoms with van der Waals surface area (Å²) in [6, 6.07) is 26.9. The lowest BCUT2D eigenvalue weighted by atomic mass is 10.1. The van der Waals surface area contributed by atoms with Gasteiger partial charge in [-0.25, -0.2) is 0 Å². The number of ether oxygens (including phenoxy) is 1. The second-order valence-electron chi connectivity index (χ2n) is 5.09. The first kappa shape index (κ1) is 13.1. The minimum atomic E-state index is 0.864. The van der Waals surface area contributed by atoms with Crippen molar-refractivity contribution in [1.82, 2.24) is 0 Å². The molecule has 0 saturated heterocycles. The molecule has 106 valence electrons. The molecule has 0 radical (unpaired) electrons. The molecular formula is C20H14OS. The van der Waals surface area contributed by atoms with Gasteiger partial charge in [0.1, 0.15) is 11.5 Å². The van der Waals surface area contributed by atoms with E-state index in [1.165, 1.54) is 21.2 Å². The van der Waals surface area contributed by atoms with Crippen LogP contribution in [0, 0.1) is 0 Å². The van der Waals surface area contributed by atoms with E-state index in [4.69, 9.17) is 4.74 Å². The van der Waals surface area contributed by atoms with Crippen LogP contribution in [0.25, 0.3) is 21.2 Å². The molecule has 0 aliphatic carbocycles. The number of benzene rings is 3. The van der Waals surface area contributed by atoms with Crippen molar-refractivity contribution in [3.05, 3.63) is 84.2 Å². The first-order valence-corrected chi connectivity index (χ1v) is 8.08. The minimum absolute atomic E-state index is 0.864. The Labute approximate surface area is 133 Å². The molecule has 0 aliphatic heterocycles. The van der Waals surface area contributed by atoms with Gasteiger partial charge in [-0.2, -0.15) is 0 Å². The Hall–Kier alpha value is -2.58. The van der Waals surface area contributed by atoms with Gasteiger partial charge in [-0.3, -0.25) is 0 Å². The number of thiophene rings is 1. The fourth-order valence-electron chi connectivity index (χ4n) is 2.51. The maximum absolute atomic E-state index is 6.03.